The minimum absolute atomic E-state index is 0.0195. The number of pyridine rings is 1. The van der Waals surface area contributed by atoms with Crippen molar-refractivity contribution < 1.29 is 19.4 Å². The molecule has 3 aromatic heterocycles. The molecule has 6 rings (SSSR count). The lowest BCUT2D eigenvalue weighted by Gasteiger charge is -2.22. The van der Waals surface area contributed by atoms with E-state index < -0.39 is 0 Å². The fraction of sp³-hybridized carbons (Fsp3) is 0.370. The first kappa shape index (κ1) is 23.0. The fourth-order valence-electron chi connectivity index (χ4n) is 5.04. The van der Waals surface area contributed by atoms with Gasteiger partial charge in [-0.3, -0.25) is 14.6 Å². The molecule has 1 aliphatic carbocycles. The van der Waals surface area contributed by atoms with Gasteiger partial charge in [0.1, 0.15) is 11.5 Å². The van der Waals surface area contributed by atoms with Crippen LogP contribution in [-0.4, -0.2) is 56.6 Å². The van der Waals surface area contributed by atoms with Crippen molar-refractivity contribution >= 4 is 44.3 Å². The molecule has 0 bridgehead atoms. The number of carbonyl (C=O) groups excluding carboxylic acids is 2. The number of hydrogen-bond acceptors (Lipinski definition) is 6. The number of hydrogen-bond donors (Lipinski definition) is 2. The van der Waals surface area contributed by atoms with E-state index in [0.29, 0.717) is 40.0 Å². The molecular formula is C27H28N4O4S. The minimum Gasteiger partial charge on any atom is -0.456 e. The summed E-state index contributed by atoms with van der Waals surface area (Å²) in [6, 6.07) is 9.53. The molecule has 186 valence electrons. The van der Waals surface area contributed by atoms with Crippen LogP contribution < -0.4 is 10.1 Å². The summed E-state index contributed by atoms with van der Waals surface area (Å²) in [4.78, 5) is 32.8. The zero-order chi connectivity index (χ0) is 25.0. The molecule has 2 N–H and O–H groups in total. The highest BCUT2D eigenvalue weighted by Gasteiger charge is 2.30. The molecule has 2 amide bonds. The van der Waals surface area contributed by atoms with Crippen molar-refractivity contribution in [3.05, 3.63) is 52.7 Å². The molecule has 1 atom stereocenters. The van der Waals surface area contributed by atoms with Crippen molar-refractivity contribution in [2.24, 2.45) is 7.05 Å². The number of aliphatic hydroxyl groups is 1. The predicted octanol–water partition coefficient (Wildman–Crippen LogP) is 4.38. The third-order valence-electron chi connectivity index (χ3n) is 7.27. The van der Waals surface area contributed by atoms with Crippen LogP contribution in [0, 0.1) is 6.92 Å². The first-order chi connectivity index (χ1) is 17.4. The fourth-order valence-corrected chi connectivity index (χ4v) is 6.06. The summed E-state index contributed by atoms with van der Waals surface area (Å²) in [6.07, 6.45) is 5.49. The van der Waals surface area contributed by atoms with Crippen LogP contribution in [0.5, 0.6) is 11.5 Å². The van der Waals surface area contributed by atoms with Gasteiger partial charge in [0.05, 0.1) is 38.8 Å². The van der Waals surface area contributed by atoms with Crippen LogP contribution >= 0.6 is 11.3 Å². The van der Waals surface area contributed by atoms with Crippen molar-refractivity contribution in [3.8, 4) is 11.5 Å². The van der Waals surface area contributed by atoms with Crippen molar-refractivity contribution in [3.63, 3.8) is 0 Å². The van der Waals surface area contributed by atoms with Crippen LogP contribution in [0.25, 0.3) is 21.1 Å². The van der Waals surface area contributed by atoms with Gasteiger partial charge in [0.25, 0.3) is 11.8 Å². The molecule has 0 radical (unpaired) electrons. The zero-order valence-electron chi connectivity index (χ0n) is 20.3. The molecule has 36 heavy (non-hydrogen) atoms. The zero-order valence-corrected chi connectivity index (χ0v) is 21.1. The topological polar surface area (TPSA) is 96.7 Å². The number of thiophene rings is 1. The number of ether oxygens (including phenoxy) is 1. The number of aromatic nitrogens is 2. The van der Waals surface area contributed by atoms with Crippen LogP contribution in [0.2, 0.25) is 0 Å². The van der Waals surface area contributed by atoms with Crippen LogP contribution in [-0.2, 0) is 7.05 Å². The van der Waals surface area contributed by atoms with E-state index in [1.54, 1.807) is 23.2 Å². The third kappa shape index (κ3) is 3.92. The highest BCUT2D eigenvalue weighted by atomic mass is 32.1. The van der Waals surface area contributed by atoms with E-state index in [9.17, 15) is 14.7 Å². The Hall–Kier alpha value is -3.43. The van der Waals surface area contributed by atoms with Gasteiger partial charge in [0.2, 0.25) is 0 Å². The van der Waals surface area contributed by atoms with Gasteiger partial charge in [0, 0.05) is 49.0 Å². The molecule has 8 nitrogen and oxygen atoms in total. The van der Waals surface area contributed by atoms with E-state index in [2.05, 4.69) is 10.3 Å². The average molecular weight is 505 g/mol. The lowest BCUT2D eigenvalue weighted by atomic mass is 10.1. The van der Waals surface area contributed by atoms with Gasteiger partial charge in [-0.05, 0) is 50.8 Å². The maximum atomic E-state index is 13.1. The van der Waals surface area contributed by atoms with Gasteiger partial charge >= 0.3 is 0 Å². The monoisotopic (exact) mass is 504 g/mol. The average Bonchev–Trinajstić information content (AvgIpc) is 3.29. The maximum absolute atomic E-state index is 13.1. The standard InChI is InChI=1S/C27H28N4O4S/c1-15-24(26(33)29-16-5-6-16)19-8-7-18(12-21(19)30(15)2)35-22-9-10-28-20-13-23(36-25(20)22)27(34)31-11-3-4-17(31)14-32/h7-10,12-13,16-17,32H,3-6,11,14H2,1-2H3,(H,29,33)/t17-/m0/s1. The number of amides is 2. The smallest absolute Gasteiger partial charge is 0.264 e. The first-order valence-electron chi connectivity index (χ1n) is 12.3. The van der Waals surface area contributed by atoms with E-state index in [4.69, 9.17) is 4.74 Å². The Morgan fingerprint density at radius 3 is 2.83 bits per heavy atom. The SMILES string of the molecule is Cc1c(C(=O)NC2CC2)c2ccc(Oc3ccnc4cc(C(=O)N5CCC[C@H]5CO)sc34)cc2n1C. The van der Waals surface area contributed by atoms with Crippen molar-refractivity contribution in [1.82, 2.24) is 19.8 Å². The summed E-state index contributed by atoms with van der Waals surface area (Å²) in [7, 11) is 1.95. The number of likely N-dealkylation sites (tertiary alicyclic amines) is 1. The molecule has 1 aromatic carbocycles. The molecule has 4 heterocycles. The second kappa shape index (κ2) is 8.90. The molecule has 2 fully saturated rings. The van der Waals surface area contributed by atoms with Crippen LogP contribution in [0.4, 0.5) is 0 Å². The molecule has 9 heteroatoms. The van der Waals surface area contributed by atoms with Gasteiger partial charge < -0.3 is 24.6 Å². The molecule has 2 aliphatic rings. The Bertz CT molecular complexity index is 1500. The molecule has 4 aromatic rings. The van der Waals surface area contributed by atoms with E-state index in [-0.39, 0.29) is 24.5 Å². The number of fused-ring (bicyclic) bond motifs is 2. The highest BCUT2D eigenvalue weighted by molar-refractivity contribution is 7.21. The summed E-state index contributed by atoms with van der Waals surface area (Å²) in [6.45, 7) is 2.60. The second-order valence-electron chi connectivity index (χ2n) is 9.66. The molecule has 1 saturated heterocycles. The lowest BCUT2D eigenvalue weighted by molar-refractivity contribution is 0.0682. The Kier molecular flexibility index (Phi) is 5.69. The predicted molar refractivity (Wildman–Crippen MR) is 139 cm³/mol. The summed E-state index contributed by atoms with van der Waals surface area (Å²) in [5.41, 5.74) is 3.25. The summed E-state index contributed by atoms with van der Waals surface area (Å²) >= 11 is 1.36. The van der Waals surface area contributed by atoms with E-state index in [1.807, 2.05) is 36.7 Å². The van der Waals surface area contributed by atoms with Crippen molar-refractivity contribution in [2.45, 2.75) is 44.7 Å². The van der Waals surface area contributed by atoms with Gasteiger partial charge in [-0.1, -0.05) is 0 Å². The lowest BCUT2D eigenvalue weighted by Crippen LogP contribution is -2.37. The van der Waals surface area contributed by atoms with E-state index >= 15 is 0 Å². The first-order valence-corrected chi connectivity index (χ1v) is 13.1. The quantitative estimate of drug-likeness (QED) is 0.406. The number of nitrogens with zero attached hydrogens (tertiary/aromatic N) is 3. The molecule has 0 spiro atoms. The van der Waals surface area contributed by atoms with Crippen LogP contribution in [0.15, 0.2) is 36.5 Å². The highest BCUT2D eigenvalue weighted by Crippen LogP contribution is 2.37. The molecular weight excluding hydrogens is 476 g/mol. The second-order valence-corrected chi connectivity index (χ2v) is 10.7. The summed E-state index contributed by atoms with van der Waals surface area (Å²) in [5.74, 6) is 1.17. The minimum atomic E-state index is -0.122. The van der Waals surface area contributed by atoms with Crippen LogP contribution in [0.3, 0.4) is 0 Å². The van der Waals surface area contributed by atoms with Gasteiger partial charge in [0.15, 0.2) is 0 Å². The largest absolute Gasteiger partial charge is 0.456 e. The van der Waals surface area contributed by atoms with E-state index in [0.717, 1.165) is 47.0 Å². The number of nitrogens with one attached hydrogen (secondary N) is 1. The van der Waals surface area contributed by atoms with Crippen molar-refractivity contribution in [2.75, 3.05) is 13.2 Å². The number of rotatable bonds is 6. The molecule has 0 unspecified atom stereocenters. The molecule has 1 aliphatic heterocycles. The van der Waals surface area contributed by atoms with Gasteiger partial charge in [-0.25, -0.2) is 0 Å². The van der Waals surface area contributed by atoms with Gasteiger partial charge in [-0.15, -0.1) is 11.3 Å². The Morgan fingerprint density at radius 1 is 1.22 bits per heavy atom. The van der Waals surface area contributed by atoms with Crippen LogP contribution in [0.1, 0.15) is 51.4 Å². The third-order valence-corrected chi connectivity index (χ3v) is 8.39. The Morgan fingerprint density at radius 2 is 2.06 bits per heavy atom. The number of benzene rings is 1. The number of carbonyl (C=O) groups is 2. The van der Waals surface area contributed by atoms with Crippen molar-refractivity contribution in [1.29, 1.82) is 0 Å². The van der Waals surface area contributed by atoms with Gasteiger partial charge in [-0.2, -0.15) is 0 Å². The molecule has 1 saturated carbocycles. The number of aryl methyl sites for hydroxylation is 1. The normalized spacial score (nSPS) is 17.8. The summed E-state index contributed by atoms with van der Waals surface area (Å²) < 4.78 is 9.11. The Labute approximate surface area is 212 Å². The number of aliphatic hydroxyl groups excluding tert-OH is 1. The Balaban J connectivity index is 1.31. The maximum Gasteiger partial charge on any atom is 0.264 e. The summed E-state index contributed by atoms with van der Waals surface area (Å²) in [5, 5.41) is 13.6. The van der Waals surface area contributed by atoms with E-state index in [1.165, 1.54) is 11.3 Å².